The Hall–Kier alpha value is -3.86. The van der Waals surface area contributed by atoms with Crippen LogP contribution in [-0.4, -0.2) is 25.1 Å². The Kier molecular flexibility index (Phi) is 7.60. The van der Waals surface area contributed by atoms with E-state index in [9.17, 15) is 9.59 Å². The van der Waals surface area contributed by atoms with E-state index >= 15 is 0 Å². The van der Waals surface area contributed by atoms with E-state index in [2.05, 4.69) is 17.4 Å². The molecule has 0 saturated carbocycles. The second kappa shape index (κ2) is 10.8. The van der Waals surface area contributed by atoms with Gasteiger partial charge in [-0.3, -0.25) is 4.79 Å². The zero-order valence-corrected chi connectivity index (χ0v) is 17.6. The van der Waals surface area contributed by atoms with E-state index < -0.39 is 5.97 Å². The van der Waals surface area contributed by atoms with Crippen LogP contribution in [0.5, 0.6) is 5.75 Å². The summed E-state index contributed by atoms with van der Waals surface area (Å²) in [7, 11) is 0. The van der Waals surface area contributed by atoms with Crippen LogP contribution in [0, 0.1) is 0 Å². The van der Waals surface area contributed by atoms with Gasteiger partial charge in [-0.15, -0.1) is 0 Å². The molecule has 0 aliphatic rings. The summed E-state index contributed by atoms with van der Waals surface area (Å²) in [5, 5.41) is 2.80. The number of amides is 1. The van der Waals surface area contributed by atoms with Crippen molar-refractivity contribution in [1.82, 2.24) is 0 Å². The van der Waals surface area contributed by atoms with Crippen LogP contribution in [0.3, 0.4) is 0 Å². The summed E-state index contributed by atoms with van der Waals surface area (Å²) in [6, 6.07) is 22.9. The zero-order valence-electron chi connectivity index (χ0n) is 17.6. The minimum Gasteiger partial charge on any atom is -0.492 e. The molecule has 0 heterocycles. The van der Waals surface area contributed by atoms with Gasteiger partial charge in [-0.05, 0) is 54.8 Å². The monoisotopic (exact) mass is 415 g/mol. The normalized spacial score (nSPS) is 10.6. The lowest BCUT2D eigenvalue weighted by molar-refractivity contribution is -0.111. The molecule has 31 heavy (non-hydrogen) atoms. The van der Waals surface area contributed by atoms with Gasteiger partial charge >= 0.3 is 5.97 Å². The summed E-state index contributed by atoms with van der Waals surface area (Å²) in [6.07, 6.45) is 3.21. The molecule has 0 radical (unpaired) electrons. The summed E-state index contributed by atoms with van der Waals surface area (Å²) in [6.45, 7) is 4.27. The molecule has 1 amide bonds. The highest BCUT2D eigenvalue weighted by Crippen LogP contribution is 2.27. The quantitative estimate of drug-likeness (QED) is 0.385. The van der Waals surface area contributed by atoms with Gasteiger partial charge < -0.3 is 14.8 Å². The lowest BCUT2D eigenvalue weighted by Crippen LogP contribution is -2.11. The second-order valence-corrected chi connectivity index (χ2v) is 6.68. The minimum atomic E-state index is -0.430. The van der Waals surface area contributed by atoms with Crippen molar-refractivity contribution in [2.75, 3.05) is 18.5 Å². The Bertz CT molecular complexity index is 1060. The molecular formula is C26H25NO4. The number of anilines is 1. The molecule has 1 N–H and O–H groups in total. The van der Waals surface area contributed by atoms with E-state index in [0.717, 1.165) is 16.7 Å². The van der Waals surface area contributed by atoms with E-state index in [1.165, 1.54) is 6.08 Å². The van der Waals surface area contributed by atoms with Crippen LogP contribution in [0.25, 0.3) is 17.2 Å². The maximum atomic E-state index is 12.4. The summed E-state index contributed by atoms with van der Waals surface area (Å²) < 4.78 is 10.6. The highest BCUT2D eigenvalue weighted by Gasteiger charge is 2.12. The predicted octanol–water partition coefficient (Wildman–Crippen LogP) is 5.58. The van der Waals surface area contributed by atoms with Crippen molar-refractivity contribution >= 4 is 23.6 Å². The Labute approximate surface area is 182 Å². The Morgan fingerprint density at radius 2 is 1.58 bits per heavy atom. The molecule has 0 aliphatic heterocycles. The fourth-order valence-corrected chi connectivity index (χ4v) is 3.01. The van der Waals surface area contributed by atoms with Crippen molar-refractivity contribution in [1.29, 1.82) is 0 Å². The third kappa shape index (κ3) is 6.06. The molecule has 0 fully saturated rings. The van der Waals surface area contributed by atoms with Crippen molar-refractivity contribution in [2.24, 2.45) is 0 Å². The first-order valence-corrected chi connectivity index (χ1v) is 10.2. The summed E-state index contributed by atoms with van der Waals surface area (Å²) >= 11 is 0. The first-order valence-electron chi connectivity index (χ1n) is 10.2. The fourth-order valence-electron chi connectivity index (χ4n) is 3.01. The molecule has 0 atom stereocenters. The molecule has 5 nitrogen and oxygen atoms in total. The highest BCUT2D eigenvalue weighted by molar-refractivity contribution is 6.03. The zero-order chi connectivity index (χ0) is 22.1. The standard InChI is InChI=1S/C26H25NO4/c1-3-30-24-18-22(26(29)31-4-2)15-16-23(24)27-25(28)17-12-19-10-13-21(14-11-19)20-8-6-5-7-9-20/h5-18H,3-4H2,1-2H3,(H,27,28)/b17-12+. The van der Waals surface area contributed by atoms with Crippen LogP contribution in [0.2, 0.25) is 0 Å². The first kappa shape index (κ1) is 21.8. The number of carbonyl (C=O) groups is 2. The number of carbonyl (C=O) groups excluding carboxylic acids is 2. The SMILES string of the molecule is CCOC(=O)c1ccc(NC(=O)/C=C/c2ccc(-c3ccccc3)cc2)c(OCC)c1. The predicted molar refractivity (Wildman–Crippen MR) is 123 cm³/mol. The summed E-state index contributed by atoms with van der Waals surface area (Å²) in [5.41, 5.74) is 4.04. The largest absolute Gasteiger partial charge is 0.492 e. The van der Waals surface area contributed by atoms with Crippen molar-refractivity contribution in [3.8, 4) is 16.9 Å². The van der Waals surface area contributed by atoms with Gasteiger partial charge in [-0.2, -0.15) is 0 Å². The average molecular weight is 415 g/mol. The van der Waals surface area contributed by atoms with Gasteiger partial charge in [-0.1, -0.05) is 54.6 Å². The van der Waals surface area contributed by atoms with E-state index in [-0.39, 0.29) is 5.91 Å². The molecule has 0 unspecified atom stereocenters. The number of hydrogen-bond acceptors (Lipinski definition) is 4. The molecule has 3 rings (SSSR count). The number of esters is 1. The number of nitrogens with one attached hydrogen (secondary N) is 1. The van der Waals surface area contributed by atoms with Crippen LogP contribution >= 0.6 is 0 Å². The Balaban J connectivity index is 1.68. The molecular weight excluding hydrogens is 390 g/mol. The Morgan fingerprint density at radius 3 is 2.26 bits per heavy atom. The van der Waals surface area contributed by atoms with Crippen LogP contribution < -0.4 is 10.1 Å². The number of rotatable bonds is 8. The molecule has 158 valence electrons. The molecule has 3 aromatic rings. The third-order valence-corrected chi connectivity index (χ3v) is 4.50. The molecule has 0 aromatic heterocycles. The topological polar surface area (TPSA) is 64.6 Å². The van der Waals surface area contributed by atoms with Crippen molar-refractivity contribution in [2.45, 2.75) is 13.8 Å². The van der Waals surface area contributed by atoms with E-state index in [1.54, 1.807) is 31.2 Å². The molecule has 3 aromatic carbocycles. The number of benzene rings is 3. The van der Waals surface area contributed by atoms with Crippen LogP contribution in [-0.2, 0) is 9.53 Å². The van der Waals surface area contributed by atoms with E-state index in [4.69, 9.17) is 9.47 Å². The van der Waals surface area contributed by atoms with Crippen molar-refractivity contribution in [3.05, 3.63) is 90.0 Å². The maximum Gasteiger partial charge on any atom is 0.338 e. The second-order valence-electron chi connectivity index (χ2n) is 6.68. The van der Waals surface area contributed by atoms with Gasteiger partial charge in [-0.25, -0.2) is 4.79 Å². The average Bonchev–Trinajstić information content (AvgIpc) is 2.80. The van der Waals surface area contributed by atoms with E-state index in [0.29, 0.717) is 30.2 Å². The Morgan fingerprint density at radius 1 is 0.871 bits per heavy atom. The van der Waals surface area contributed by atoms with E-state index in [1.807, 2.05) is 49.4 Å². The van der Waals surface area contributed by atoms with Gasteiger partial charge in [0.1, 0.15) is 5.75 Å². The fraction of sp³-hybridized carbons (Fsp3) is 0.154. The van der Waals surface area contributed by atoms with Gasteiger partial charge in [0.05, 0.1) is 24.5 Å². The van der Waals surface area contributed by atoms with Gasteiger partial charge in [0.25, 0.3) is 0 Å². The van der Waals surface area contributed by atoms with Crippen molar-refractivity contribution in [3.63, 3.8) is 0 Å². The minimum absolute atomic E-state index is 0.290. The maximum absolute atomic E-state index is 12.4. The molecule has 5 heteroatoms. The third-order valence-electron chi connectivity index (χ3n) is 4.50. The summed E-state index contributed by atoms with van der Waals surface area (Å²) in [4.78, 5) is 24.3. The first-order chi connectivity index (χ1) is 15.1. The van der Waals surface area contributed by atoms with Crippen LogP contribution in [0.15, 0.2) is 78.9 Å². The lowest BCUT2D eigenvalue weighted by atomic mass is 10.0. The molecule has 0 bridgehead atoms. The summed E-state index contributed by atoms with van der Waals surface area (Å²) in [5.74, 6) is -0.306. The number of ether oxygens (including phenoxy) is 2. The molecule has 0 saturated heterocycles. The van der Waals surface area contributed by atoms with Gasteiger partial charge in [0.15, 0.2) is 0 Å². The lowest BCUT2D eigenvalue weighted by Gasteiger charge is -2.12. The van der Waals surface area contributed by atoms with Crippen LogP contribution in [0.1, 0.15) is 29.8 Å². The number of hydrogen-bond donors (Lipinski definition) is 1. The molecule has 0 aliphatic carbocycles. The smallest absolute Gasteiger partial charge is 0.338 e. The van der Waals surface area contributed by atoms with Gasteiger partial charge in [0.2, 0.25) is 5.91 Å². The highest BCUT2D eigenvalue weighted by atomic mass is 16.5. The van der Waals surface area contributed by atoms with Crippen molar-refractivity contribution < 1.29 is 19.1 Å². The van der Waals surface area contributed by atoms with Gasteiger partial charge in [0, 0.05) is 6.08 Å². The van der Waals surface area contributed by atoms with Crippen LogP contribution in [0.4, 0.5) is 5.69 Å². The molecule has 0 spiro atoms.